The molecule has 74 heavy (non-hydrogen) atoms. The number of imidazole rings is 1. The van der Waals surface area contributed by atoms with Gasteiger partial charge in [-0.15, -0.1) is 65.2 Å². The number of benzene rings is 7. The summed E-state index contributed by atoms with van der Waals surface area (Å²) in [6.45, 7) is 26.1. The van der Waals surface area contributed by atoms with Gasteiger partial charge < -0.3 is 14.0 Å². The first-order valence-electron chi connectivity index (χ1n) is 25.3. The van der Waals surface area contributed by atoms with Gasteiger partial charge in [-0.1, -0.05) is 123 Å². The molecule has 0 atom stereocenters. The van der Waals surface area contributed by atoms with Crippen molar-refractivity contribution in [2.45, 2.75) is 106 Å². The Morgan fingerprint density at radius 3 is 1.72 bits per heavy atom. The normalized spacial score (nSPS) is 12.1. The summed E-state index contributed by atoms with van der Waals surface area (Å²) in [7, 11) is 0. The molecule has 4 heterocycles. The summed E-state index contributed by atoms with van der Waals surface area (Å²) in [6.07, 6.45) is 1.82. The molecule has 0 aliphatic heterocycles. The smallest absolute Gasteiger partial charge is 0.197 e. The van der Waals surface area contributed by atoms with E-state index in [1.165, 1.54) is 28.8 Å². The number of hydrogen-bond acceptors (Lipinski definition) is 4. The number of para-hydroxylation sites is 3. The summed E-state index contributed by atoms with van der Waals surface area (Å²) in [5.74, 6) is 1.09. The quantitative estimate of drug-likeness (QED) is 0.0945. The first-order chi connectivity index (χ1) is 34.7. The first-order valence-corrected chi connectivity index (χ1v) is 25.3. The number of rotatable bonds is 6. The summed E-state index contributed by atoms with van der Waals surface area (Å²) >= 11 is 0. The minimum Gasteiger partial charge on any atom is -0.333 e. The van der Waals surface area contributed by atoms with Crippen LogP contribution in [0.1, 0.15) is 114 Å². The molecule has 0 amide bonds. The molecule has 1 radical (unpaired) electrons. The molecule has 0 aliphatic rings. The fourth-order valence-corrected chi connectivity index (χ4v) is 10.1. The second-order valence-electron chi connectivity index (χ2n) is 22.3. The summed E-state index contributed by atoms with van der Waals surface area (Å²) in [4.78, 5) is 39.0. The zero-order chi connectivity index (χ0) is 51.8. The van der Waals surface area contributed by atoms with Crippen molar-refractivity contribution in [3.05, 3.63) is 211 Å². The molecule has 7 aromatic carbocycles. The Labute approximate surface area is 446 Å². The summed E-state index contributed by atoms with van der Waals surface area (Å²) < 4.78 is 17.2. The molecule has 375 valence electrons. The van der Waals surface area contributed by atoms with E-state index in [0.29, 0.717) is 27.1 Å². The monoisotopic (exact) mass is 1150 g/mol. The summed E-state index contributed by atoms with van der Waals surface area (Å²) in [6, 6.07) is 50.1. The van der Waals surface area contributed by atoms with Crippen LogP contribution in [0.4, 0.5) is 4.39 Å². The Morgan fingerprint density at radius 2 is 1.18 bits per heavy atom. The van der Waals surface area contributed by atoms with Crippen molar-refractivity contribution < 1.29 is 24.5 Å². The molecule has 0 unspecified atom stereocenters. The SMILES string of the molecule is CC(C)c1cccc(C(C)C)c1-n1c(-c2[c-]ccc(-c3cc4c(=O)c5ccc(C(C)(C)C)cc5n5c6cc(C(C)(C)C)ccc6c(=O)c(c3)c45)c2)nc2ccccc21.Cc1cnc(-c2[c-]cc(F)cc2)cc1C.[Ir]. The fraction of sp³-hybridized carbons (Fsp3) is 0.242. The van der Waals surface area contributed by atoms with Crippen LogP contribution in [0.5, 0.6) is 0 Å². The van der Waals surface area contributed by atoms with Gasteiger partial charge in [-0.05, 0) is 124 Å². The molecule has 0 saturated carbocycles. The molecule has 0 fully saturated rings. The van der Waals surface area contributed by atoms with Crippen LogP contribution in [0.15, 0.2) is 149 Å². The molecule has 0 N–H and O–H groups in total. The van der Waals surface area contributed by atoms with E-state index in [1.54, 1.807) is 6.07 Å². The minimum absolute atomic E-state index is 0. The average molecular weight is 1150 g/mol. The van der Waals surface area contributed by atoms with Gasteiger partial charge in [-0.2, -0.15) is 0 Å². The van der Waals surface area contributed by atoms with Crippen LogP contribution in [0.3, 0.4) is 0 Å². The van der Waals surface area contributed by atoms with E-state index >= 15 is 0 Å². The Kier molecular flexibility index (Phi) is 13.7. The van der Waals surface area contributed by atoms with E-state index in [2.05, 4.69) is 162 Å². The van der Waals surface area contributed by atoms with Crippen molar-refractivity contribution in [2.75, 3.05) is 0 Å². The molecular weight excluding hydrogens is 1090 g/mol. The Bertz CT molecular complexity index is 3930. The van der Waals surface area contributed by atoms with Crippen LogP contribution >= 0.6 is 0 Å². The van der Waals surface area contributed by atoms with Gasteiger partial charge in [0.25, 0.3) is 0 Å². The predicted molar refractivity (Wildman–Crippen MR) is 301 cm³/mol. The number of nitrogens with zero attached hydrogens (tertiary/aromatic N) is 4. The van der Waals surface area contributed by atoms with Crippen LogP contribution < -0.4 is 10.9 Å². The third-order valence-corrected chi connectivity index (χ3v) is 14.4. The summed E-state index contributed by atoms with van der Waals surface area (Å²) in [5.41, 5.74) is 16.2. The predicted octanol–water partition coefficient (Wildman–Crippen LogP) is 16.2. The van der Waals surface area contributed by atoms with Gasteiger partial charge in [-0.3, -0.25) is 19.0 Å². The topological polar surface area (TPSA) is 69.3 Å². The van der Waals surface area contributed by atoms with E-state index < -0.39 is 0 Å². The van der Waals surface area contributed by atoms with Crippen molar-refractivity contribution in [3.63, 3.8) is 0 Å². The maximum atomic E-state index is 14.7. The number of aryl methyl sites for hydroxylation is 2. The third-order valence-electron chi connectivity index (χ3n) is 14.4. The van der Waals surface area contributed by atoms with E-state index in [1.807, 2.05) is 68.6 Å². The van der Waals surface area contributed by atoms with E-state index in [0.717, 1.165) is 78.2 Å². The standard InChI is InChI=1S/C53H50N3O2.C13H11FN.Ir/c1-30(2)37-17-14-18-38(31(3)4)47(37)56-44-20-12-11-19-43(44)54-51(56)33-16-13-15-32(25-33)34-26-41-48-42(27-34)50(58)40-24-22-36(53(8,9)10)29-46(40)55(48)45-28-35(52(5,6)7)21-23-39(45)49(41)57;1-9-7-13(15-8-10(9)2)11-3-5-12(14)6-4-11;/h11-15,17-31H,1-10H3;3,5-8H,1-2H3;/q2*-1;. The van der Waals surface area contributed by atoms with Gasteiger partial charge >= 0.3 is 0 Å². The number of pyridine rings is 3. The van der Waals surface area contributed by atoms with Crippen molar-refractivity contribution in [2.24, 2.45) is 0 Å². The van der Waals surface area contributed by atoms with Crippen LogP contribution in [-0.2, 0) is 30.9 Å². The van der Waals surface area contributed by atoms with E-state index in [4.69, 9.17) is 4.98 Å². The molecule has 8 heteroatoms. The van der Waals surface area contributed by atoms with Gasteiger partial charge in [0.15, 0.2) is 10.9 Å². The molecule has 11 rings (SSSR count). The minimum atomic E-state index is -0.275. The van der Waals surface area contributed by atoms with Gasteiger partial charge in [0, 0.05) is 59.4 Å². The van der Waals surface area contributed by atoms with E-state index in [9.17, 15) is 14.0 Å². The number of halogens is 1. The molecule has 6 nitrogen and oxygen atoms in total. The van der Waals surface area contributed by atoms with Crippen LogP contribution in [0.2, 0.25) is 0 Å². The summed E-state index contributed by atoms with van der Waals surface area (Å²) in [5, 5.41) is 2.31. The average Bonchev–Trinajstić information content (AvgIpc) is 3.75. The van der Waals surface area contributed by atoms with Gasteiger partial charge in [0.1, 0.15) is 0 Å². The van der Waals surface area contributed by atoms with Crippen molar-refractivity contribution in [1.82, 2.24) is 18.9 Å². The number of aromatic nitrogens is 4. The van der Waals surface area contributed by atoms with Crippen LogP contribution in [0.25, 0.3) is 88.6 Å². The van der Waals surface area contributed by atoms with Crippen LogP contribution in [-0.4, -0.2) is 18.9 Å². The largest absolute Gasteiger partial charge is 0.333 e. The van der Waals surface area contributed by atoms with Gasteiger partial charge in [-0.25, -0.2) is 0 Å². The number of fused-ring (bicyclic) bond motifs is 5. The number of hydrogen-bond donors (Lipinski definition) is 0. The third kappa shape index (κ3) is 9.28. The Hall–Kier alpha value is -7.12. The Morgan fingerprint density at radius 1 is 0.581 bits per heavy atom. The van der Waals surface area contributed by atoms with Gasteiger partial charge in [0.05, 0.1) is 33.4 Å². The molecule has 4 aromatic heterocycles. The molecule has 0 saturated heterocycles. The van der Waals surface area contributed by atoms with E-state index in [-0.39, 0.29) is 59.4 Å². The maximum Gasteiger partial charge on any atom is 0.197 e. The van der Waals surface area contributed by atoms with Crippen molar-refractivity contribution >= 4 is 49.1 Å². The van der Waals surface area contributed by atoms with Crippen LogP contribution in [0, 0.1) is 31.8 Å². The second-order valence-corrected chi connectivity index (χ2v) is 22.3. The van der Waals surface area contributed by atoms with Crippen molar-refractivity contribution in [3.8, 4) is 39.5 Å². The Balaban J connectivity index is 0.000000360. The molecule has 0 bridgehead atoms. The first kappa shape index (κ1) is 51.8. The molecular formula is C66H61FIrN4O2-2. The van der Waals surface area contributed by atoms with Gasteiger partial charge in [0.2, 0.25) is 0 Å². The molecule has 0 aliphatic carbocycles. The fourth-order valence-electron chi connectivity index (χ4n) is 10.1. The zero-order valence-corrected chi connectivity index (χ0v) is 46.6. The molecule has 11 aromatic rings. The maximum absolute atomic E-state index is 14.7. The molecule has 0 spiro atoms. The second kappa shape index (κ2) is 19.6. The van der Waals surface area contributed by atoms with Crippen molar-refractivity contribution in [1.29, 1.82) is 0 Å². The zero-order valence-electron chi connectivity index (χ0n) is 44.3.